The molecule has 0 amide bonds. The van der Waals surface area contributed by atoms with Gasteiger partial charge in [-0.15, -0.1) is 0 Å². The van der Waals surface area contributed by atoms with Crippen molar-refractivity contribution in [1.82, 2.24) is 9.97 Å². The van der Waals surface area contributed by atoms with E-state index in [1.54, 1.807) is 11.8 Å². The van der Waals surface area contributed by atoms with Gasteiger partial charge in [-0.25, -0.2) is 9.97 Å². The largest absolute Gasteiger partial charge is 0.399 e. The average Bonchev–Trinajstić information content (AvgIpc) is 2.72. The summed E-state index contributed by atoms with van der Waals surface area (Å²) < 4.78 is 5.41. The number of anilines is 4. The Morgan fingerprint density at radius 2 is 1.89 bits per heavy atom. The molecule has 1 fully saturated rings. The van der Waals surface area contributed by atoms with Crippen molar-refractivity contribution in [3.8, 4) is 0 Å². The predicted molar refractivity (Wildman–Crippen MR) is 115 cm³/mol. The van der Waals surface area contributed by atoms with Gasteiger partial charge in [0.2, 0.25) is 5.95 Å². The van der Waals surface area contributed by atoms with Gasteiger partial charge in [0, 0.05) is 46.8 Å². The Labute approximate surface area is 169 Å². The zero-order chi connectivity index (χ0) is 19.3. The number of nitrogens with two attached hydrogens (primary N) is 1. The molecule has 1 aliphatic rings. The minimum absolute atomic E-state index is 0.580. The number of aromatic nitrogens is 2. The maximum Gasteiger partial charge on any atom is 0.228 e. The number of aryl methyl sites for hydroxylation is 1. The highest BCUT2D eigenvalue weighted by molar-refractivity contribution is 7.99. The molecule has 2 aromatic carbocycles. The minimum Gasteiger partial charge on any atom is -0.399 e. The number of benzene rings is 2. The van der Waals surface area contributed by atoms with Crippen LogP contribution in [0.3, 0.4) is 0 Å². The molecule has 0 aliphatic carbocycles. The maximum atomic E-state index is 5.88. The molecule has 1 aliphatic heterocycles. The molecule has 3 aromatic rings. The van der Waals surface area contributed by atoms with Crippen molar-refractivity contribution in [2.24, 2.45) is 0 Å². The van der Waals surface area contributed by atoms with Crippen LogP contribution in [0.2, 0.25) is 0 Å². The molecule has 1 aromatic heterocycles. The first kappa shape index (κ1) is 18.6. The minimum atomic E-state index is 0.580. The van der Waals surface area contributed by atoms with Gasteiger partial charge in [-0.3, -0.25) is 0 Å². The predicted octanol–water partition coefficient (Wildman–Crippen LogP) is 4.10. The molecule has 0 bridgehead atoms. The number of morpholine rings is 1. The van der Waals surface area contributed by atoms with Crippen LogP contribution in [0.4, 0.5) is 23.0 Å². The summed E-state index contributed by atoms with van der Waals surface area (Å²) in [5.41, 5.74) is 9.82. The van der Waals surface area contributed by atoms with E-state index in [9.17, 15) is 0 Å². The topological polar surface area (TPSA) is 76.3 Å². The van der Waals surface area contributed by atoms with Crippen LogP contribution in [0, 0.1) is 6.92 Å². The van der Waals surface area contributed by atoms with Crippen LogP contribution in [0.1, 0.15) is 5.56 Å². The lowest BCUT2D eigenvalue weighted by molar-refractivity contribution is 0.122. The summed E-state index contributed by atoms with van der Waals surface area (Å²) in [5.74, 6) is 0.580. The van der Waals surface area contributed by atoms with Crippen LogP contribution in [0.15, 0.2) is 64.6 Å². The molecule has 0 atom stereocenters. The van der Waals surface area contributed by atoms with E-state index in [4.69, 9.17) is 10.5 Å². The molecule has 1 saturated heterocycles. The lowest BCUT2D eigenvalue weighted by Crippen LogP contribution is -2.36. The van der Waals surface area contributed by atoms with Gasteiger partial charge in [-0.05, 0) is 49.4 Å². The monoisotopic (exact) mass is 393 g/mol. The summed E-state index contributed by atoms with van der Waals surface area (Å²) in [6.07, 6.45) is 1.84. The van der Waals surface area contributed by atoms with Gasteiger partial charge in [0.05, 0.1) is 13.2 Å². The Hall–Kier alpha value is -2.77. The number of nitrogens with zero attached hydrogens (tertiary/aromatic N) is 3. The molecule has 6 nitrogen and oxygen atoms in total. The van der Waals surface area contributed by atoms with Crippen molar-refractivity contribution in [3.63, 3.8) is 0 Å². The summed E-state index contributed by atoms with van der Waals surface area (Å²) in [7, 11) is 0. The fourth-order valence-electron chi connectivity index (χ4n) is 2.99. The van der Waals surface area contributed by atoms with E-state index in [0.717, 1.165) is 53.2 Å². The number of hydrogen-bond acceptors (Lipinski definition) is 7. The van der Waals surface area contributed by atoms with Gasteiger partial charge in [0.15, 0.2) is 0 Å². The molecule has 4 rings (SSSR count). The molecule has 0 radical (unpaired) electrons. The van der Waals surface area contributed by atoms with E-state index in [0.29, 0.717) is 5.95 Å². The first-order valence-corrected chi connectivity index (χ1v) is 10.1. The van der Waals surface area contributed by atoms with Crippen molar-refractivity contribution in [2.75, 3.05) is 42.3 Å². The summed E-state index contributed by atoms with van der Waals surface area (Å²) in [5, 5.41) is 4.21. The second kappa shape index (κ2) is 8.50. The highest BCUT2D eigenvalue weighted by atomic mass is 32.2. The molecule has 144 valence electrons. The second-order valence-corrected chi connectivity index (χ2v) is 7.69. The highest BCUT2D eigenvalue weighted by Crippen LogP contribution is 2.30. The van der Waals surface area contributed by atoms with Crippen LogP contribution in [0.25, 0.3) is 0 Å². The number of nitrogens with one attached hydrogen (secondary N) is 1. The Morgan fingerprint density at radius 3 is 2.64 bits per heavy atom. The quantitative estimate of drug-likeness (QED) is 0.499. The van der Waals surface area contributed by atoms with E-state index in [-0.39, 0.29) is 0 Å². The number of nitrogen functional groups attached to an aromatic ring is 1. The maximum absolute atomic E-state index is 5.88. The summed E-state index contributed by atoms with van der Waals surface area (Å²) in [4.78, 5) is 12.5. The average molecular weight is 394 g/mol. The molecular formula is C21H23N5OS. The van der Waals surface area contributed by atoms with E-state index in [1.807, 2.05) is 37.4 Å². The van der Waals surface area contributed by atoms with Crippen LogP contribution >= 0.6 is 11.8 Å². The van der Waals surface area contributed by atoms with Crippen LogP contribution in [0.5, 0.6) is 0 Å². The first-order chi connectivity index (χ1) is 13.7. The normalized spacial score (nSPS) is 14.1. The SMILES string of the molecule is Cc1cnc(Nc2ccc(N3CCOCC3)cc2)nc1Sc1cccc(N)c1. The zero-order valence-corrected chi connectivity index (χ0v) is 16.6. The van der Waals surface area contributed by atoms with E-state index in [1.165, 1.54) is 5.69 Å². The molecule has 7 heteroatoms. The Kier molecular flexibility index (Phi) is 5.64. The van der Waals surface area contributed by atoms with Gasteiger partial charge in [-0.1, -0.05) is 17.8 Å². The van der Waals surface area contributed by atoms with Gasteiger partial charge >= 0.3 is 0 Å². The number of ether oxygens (including phenoxy) is 1. The Balaban J connectivity index is 1.47. The van der Waals surface area contributed by atoms with E-state index in [2.05, 4.69) is 44.5 Å². The standard InChI is InChI=1S/C21H23N5OS/c1-15-14-23-21(25-20(15)28-19-4-2-3-16(22)13-19)24-17-5-7-18(8-6-17)26-9-11-27-12-10-26/h2-8,13-14H,9-12,22H2,1H3,(H,23,24,25). The third kappa shape index (κ3) is 4.55. The smallest absolute Gasteiger partial charge is 0.228 e. The second-order valence-electron chi connectivity index (χ2n) is 6.63. The van der Waals surface area contributed by atoms with Crippen molar-refractivity contribution in [1.29, 1.82) is 0 Å². The van der Waals surface area contributed by atoms with Gasteiger partial charge in [0.25, 0.3) is 0 Å². The summed E-state index contributed by atoms with van der Waals surface area (Å²) in [6.45, 7) is 5.43. The van der Waals surface area contributed by atoms with Crippen molar-refractivity contribution >= 4 is 34.8 Å². The number of hydrogen-bond donors (Lipinski definition) is 2. The van der Waals surface area contributed by atoms with Crippen molar-refractivity contribution < 1.29 is 4.74 Å². The van der Waals surface area contributed by atoms with Crippen LogP contribution in [-0.2, 0) is 4.74 Å². The fourth-order valence-corrected chi connectivity index (χ4v) is 3.90. The molecular weight excluding hydrogens is 370 g/mol. The summed E-state index contributed by atoms with van der Waals surface area (Å²) in [6, 6.07) is 16.1. The number of rotatable bonds is 5. The van der Waals surface area contributed by atoms with E-state index >= 15 is 0 Å². The zero-order valence-electron chi connectivity index (χ0n) is 15.8. The fraction of sp³-hybridized carbons (Fsp3) is 0.238. The van der Waals surface area contributed by atoms with Crippen molar-refractivity contribution in [3.05, 3.63) is 60.3 Å². The Morgan fingerprint density at radius 1 is 1.11 bits per heavy atom. The third-order valence-corrected chi connectivity index (χ3v) is 5.59. The Bertz CT molecular complexity index is 942. The van der Waals surface area contributed by atoms with Gasteiger partial charge < -0.3 is 20.7 Å². The van der Waals surface area contributed by atoms with Crippen molar-refractivity contribution in [2.45, 2.75) is 16.8 Å². The van der Waals surface area contributed by atoms with Gasteiger partial charge in [-0.2, -0.15) is 0 Å². The lowest BCUT2D eigenvalue weighted by Gasteiger charge is -2.28. The van der Waals surface area contributed by atoms with E-state index < -0.39 is 0 Å². The van der Waals surface area contributed by atoms with Crippen LogP contribution in [-0.4, -0.2) is 36.3 Å². The molecule has 2 heterocycles. The molecule has 0 unspecified atom stereocenters. The highest BCUT2D eigenvalue weighted by Gasteiger charge is 2.11. The van der Waals surface area contributed by atoms with Crippen LogP contribution < -0.4 is 16.0 Å². The molecule has 28 heavy (non-hydrogen) atoms. The molecule has 0 spiro atoms. The molecule has 0 saturated carbocycles. The first-order valence-electron chi connectivity index (χ1n) is 9.24. The third-order valence-electron chi connectivity index (χ3n) is 4.50. The van der Waals surface area contributed by atoms with Gasteiger partial charge in [0.1, 0.15) is 5.03 Å². The lowest BCUT2D eigenvalue weighted by atomic mass is 10.2. The molecule has 3 N–H and O–H groups in total. The summed E-state index contributed by atoms with van der Waals surface area (Å²) >= 11 is 1.58.